The lowest BCUT2D eigenvalue weighted by Gasteiger charge is -2.40. The van der Waals surface area contributed by atoms with Crippen LogP contribution in [0.25, 0.3) is 0 Å². The molecule has 0 spiro atoms. The second kappa shape index (κ2) is 8.56. The van der Waals surface area contributed by atoms with Crippen molar-refractivity contribution < 1.29 is 33.0 Å². The van der Waals surface area contributed by atoms with Crippen molar-refractivity contribution in [2.75, 3.05) is 20.8 Å². The minimum absolute atomic E-state index is 0.00341. The van der Waals surface area contributed by atoms with Crippen LogP contribution in [0.5, 0.6) is 5.75 Å². The molecule has 31 heavy (non-hydrogen) atoms. The van der Waals surface area contributed by atoms with Crippen molar-refractivity contribution in [2.24, 2.45) is 5.41 Å². The number of hydrogen-bond acceptors (Lipinski definition) is 6. The summed E-state index contributed by atoms with van der Waals surface area (Å²) in [7, 11) is 2.84. The highest BCUT2D eigenvalue weighted by molar-refractivity contribution is 6.03. The molecule has 1 aliphatic heterocycles. The first-order valence-corrected chi connectivity index (χ1v) is 9.39. The number of methoxy groups -OCH3 is 2. The SMILES string of the molecule is COC[C@@]1(C)C(=O)c2c(O)c(=O)c(C(=O)NCc3ccc(F)cc3F)cn2C[C@@H]1OC. The fourth-order valence-corrected chi connectivity index (χ4v) is 3.72. The van der Waals surface area contributed by atoms with Crippen molar-refractivity contribution >= 4 is 11.7 Å². The fraction of sp³-hybridized carbons (Fsp3) is 0.381. The molecule has 0 aliphatic carbocycles. The number of rotatable bonds is 6. The van der Waals surface area contributed by atoms with E-state index in [0.29, 0.717) is 6.07 Å². The maximum Gasteiger partial charge on any atom is 0.257 e. The molecular formula is C21H22F2N2O6. The summed E-state index contributed by atoms with van der Waals surface area (Å²) in [5.41, 5.74) is -2.83. The first-order valence-electron chi connectivity index (χ1n) is 9.39. The van der Waals surface area contributed by atoms with E-state index >= 15 is 0 Å². The maximum atomic E-state index is 13.8. The van der Waals surface area contributed by atoms with Crippen LogP contribution in [-0.4, -0.2) is 48.3 Å². The number of carbonyl (C=O) groups is 2. The van der Waals surface area contributed by atoms with Crippen LogP contribution in [-0.2, 0) is 22.6 Å². The van der Waals surface area contributed by atoms with Gasteiger partial charge in [0.05, 0.1) is 24.7 Å². The predicted molar refractivity (Wildman–Crippen MR) is 105 cm³/mol. The molecule has 8 nitrogen and oxygen atoms in total. The van der Waals surface area contributed by atoms with E-state index < -0.39 is 51.6 Å². The quantitative estimate of drug-likeness (QED) is 0.713. The third-order valence-corrected chi connectivity index (χ3v) is 5.49. The first-order chi connectivity index (χ1) is 14.6. The Labute approximate surface area is 176 Å². The van der Waals surface area contributed by atoms with Gasteiger partial charge < -0.3 is 24.5 Å². The summed E-state index contributed by atoms with van der Waals surface area (Å²) >= 11 is 0. The van der Waals surface area contributed by atoms with Gasteiger partial charge in [0.25, 0.3) is 5.91 Å². The summed E-state index contributed by atoms with van der Waals surface area (Å²) in [6.45, 7) is 1.39. The smallest absolute Gasteiger partial charge is 0.257 e. The van der Waals surface area contributed by atoms with E-state index in [1.165, 1.54) is 24.9 Å². The Bertz CT molecular complexity index is 1100. The van der Waals surface area contributed by atoms with Crippen LogP contribution < -0.4 is 10.7 Å². The van der Waals surface area contributed by atoms with Gasteiger partial charge in [-0.05, 0) is 13.0 Å². The van der Waals surface area contributed by atoms with E-state index in [9.17, 15) is 28.3 Å². The normalized spacial score (nSPS) is 20.4. The molecular weight excluding hydrogens is 414 g/mol. The van der Waals surface area contributed by atoms with Crippen LogP contribution in [0.4, 0.5) is 8.78 Å². The number of pyridine rings is 1. The number of aromatic hydroxyl groups is 1. The van der Waals surface area contributed by atoms with E-state index in [1.54, 1.807) is 6.92 Å². The molecule has 0 saturated carbocycles. The molecule has 2 heterocycles. The molecule has 1 aromatic carbocycles. The summed E-state index contributed by atoms with van der Waals surface area (Å²) in [5, 5.41) is 12.8. The first kappa shape index (κ1) is 22.6. The number of amides is 1. The van der Waals surface area contributed by atoms with Crippen LogP contribution >= 0.6 is 0 Å². The summed E-state index contributed by atoms with van der Waals surface area (Å²) in [4.78, 5) is 38.2. The van der Waals surface area contributed by atoms with Crippen molar-refractivity contribution in [1.82, 2.24) is 9.88 Å². The number of nitrogens with zero attached hydrogens (tertiary/aromatic N) is 1. The second-order valence-electron chi connectivity index (χ2n) is 7.54. The van der Waals surface area contributed by atoms with Gasteiger partial charge in [0, 0.05) is 38.6 Å². The molecule has 0 radical (unpaired) electrons. The molecule has 2 aromatic rings. The highest BCUT2D eigenvalue weighted by Crippen LogP contribution is 2.36. The van der Waals surface area contributed by atoms with E-state index in [4.69, 9.17) is 9.47 Å². The Balaban J connectivity index is 1.94. The lowest BCUT2D eigenvalue weighted by Crippen LogP contribution is -2.52. The summed E-state index contributed by atoms with van der Waals surface area (Å²) in [6, 6.07) is 2.88. The van der Waals surface area contributed by atoms with Crippen LogP contribution in [0, 0.1) is 17.0 Å². The predicted octanol–water partition coefficient (Wildman–Crippen LogP) is 1.63. The van der Waals surface area contributed by atoms with Crippen LogP contribution in [0.2, 0.25) is 0 Å². The van der Waals surface area contributed by atoms with Gasteiger partial charge in [0.1, 0.15) is 22.9 Å². The van der Waals surface area contributed by atoms with E-state index in [2.05, 4.69) is 5.32 Å². The molecule has 1 aromatic heterocycles. The van der Waals surface area contributed by atoms with E-state index in [-0.39, 0.29) is 31.0 Å². The zero-order chi connectivity index (χ0) is 22.9. The van der Waals surface area contributed by atoms with Gasteiger partial charge in [-0.3, -0.25) is 14.4 Å². The minimum Gasteiger partial charge on any atom is -0.503 e. The van der Waals surface area contributed by atoms with Gasteiger partial charge in [-0.1, -0.05) is 6.07 Å². The molecule has 10 heteroatoms. The zero-order valence-electron chi connectivity index (χ0n) is 17.2. The minimum atomic E-state index is -1.14. The Hall–Kier alpha value is -3.11. The van der Waals surface area contributed by atoms with Gasteiger partial charge in [-0.2, -0.15) is 0 Å². The Morgan fingerprint density at radius 2 is 2.03 bits per heavy atom. The molecule has 0 saturated heterocycles. The second-order valence-corrected chi connectivity index (χ2v) is 7.54. The summed E-state index contributed by atoms with van der Waals surface area (Å²) in [5.74, 6) is -3.91. The number of Topliss-reactive ketones (excluding diaryl/α,β-unsaturated/α-hetero) is 1. The molecule has 1 amide bonds. The van der Waals surface area contributed by atoms with Gasteiger partial charge in [0.15, 0.2) is 11.5 Å². The van der Waals surface area contributed by atoms with Gasteiger partial charge in [-0.25, -0.2) is 8.78 Å². The Morgan fingerprint density at radius 3 is 2.65 bits per heavy atom. The third-order valence-electron chi connectivity index (χ3n) is 5.49. The highest BCUT2D eigenvalue weighted by Gasteiger charge is 2.48. The van der Waals surface area contributed by atoms with Crippen LogP contribution in [0.3, 0.4) is 0 Å². The number of carbonyl (C=O) groups excluding carboxylic acids is 2. The lowest BCUT2D eigenvalue weighted by atomic mass is 9.76. The zero-order valence-corrected chi connectivity index (χ0v) is 17.2. The summed E-state index contributed by atoms with van der Waals surface area (Å²) < 4.78 is 38.7. The number of aromatic nitrogens is 1. The van der Waals surface area contributed by atoms with E-state index in [0.717, 1.165) is 12.3 Å². The number of hydrogen-bond donors (Lipinski definition) is 2. The molecule has 3 rings (SSSR count). The van der Waals surface area contributed by atoms with Crippen molar-refractivity contribution in [3.63, 3.8) is 0 Å². The monoisotopic (exact) mass is 436 g/mol. The topological polar surface area (TPSA) is 107 Å². The van der Waals surface area contributed by atoms with Crippen molar-refractivity contribution in [1.29, 1.82) is 0 Å². The van der Waals surface area contributed by atoms with Crippen LogP contribution in [0.15, 0.2) is 29.2 Å². The fourth-order valence-electron chi connectivity index (χ4n) is 3.72. The average molecular weight is 436 g/mol. The Morgan fingerprint density at radius 1 is 1.32 bits per heavy atom. The van der Waals surface area contributed by atoms with Crippen molar-refractivity contribution in [2.45, 2.75) is 26.1 Å². The Kier molecular flexibility index (Phi) is 6.23. The van der Waals surface area contributed by atoms with Gasteiger partial charge in [0.2, 0.25) is 5.43 Å². The highest BCUT2D eigenvalue weighted by atomic mass is 19.1. The molecule has 2 atom stereocenters. The number of nitrogens with one attached hydrogen (secondary N) is 1. The number of ketones is 1. The number of fused-ring (bicyclic) bond motifs is 1. The number of benzene rings is 1. The van der Waals surface area contributed by atoms with Gasteiger partial charge >= 0.3 is 0 Å². The largest absolute Gasteiger partial charge is 0.503 e. The molecule has 1 aliphatic rings. The number of halogens is 2. The molecule has 166 valence electrons. The molecule has 0 unspecified atom stereocenters. The summed E-state index contributed by atoms with van der Waals surface area (Å²) in [6.07, 6.45) is 0.517. The molecule has 2 N–H and O–H groups in total. The average Bonchev–Trinajstić information content (AvgIpc) is 2.72. The molecule has 0 bridgehead atoms. The van der Waals surface area contributed by atoms with Crippen LogP contribution in [0.1, 0.15) is 33.3 Å². The molecule has 0 fully saturated rings. The standard InChI is InChI=1S/C21H22F2N2O6/c1-21(10-30-2)15(31-3)9-25-8-13(17(26)18(27)16(25)19(21)28)20(29)24-7-11-4-5-12(22)6-14(11)23/h4-6,8,15,27H,7,9-10H2,1-3H3,(H,24,29)/t15-,21+/m0/s1. The van der Waals surface area contributed by atoms with Gasteiger partial charge in [-0.15, -0.1) is 0 Å². The third kappa shape index (κ3) is 3.96. The van der Waals surface area contributed by atoms with Crippen molar-refractivity contribution in [3.8, 4) is 5.75 Å². The van der Waals surface area contributed by atoms with Crippen molar-refractivity contribution in [3.05, 3.63) is 63.1 Å². The van der Waals surface area contributed by atoms with E-state index in [1.807, 2.05) is 0 Å². The number of ether oxygens (including phenoxy) is 2. The lowest BCUT2D eigenvalue weighted by molar-refractivity contribution is -0.0449. The maximum absolute atomic E-state index is 13.8.